The molecule has 7 heteroatoms. The molecule has 0 spiro atoms. The number of imidazole rings is 1. The topological polar surface area (TPSA) is 86.1 Å². The smallest absolute Gasteiger partial charge is 0.339 e. The van der Waals surface area contributed by atoms with Gasteiger partial charge in [0, 0.05) is 17.4 Å². The highest BCUT2D eigenvalue weighted by molar-refractivity contribution is 6.08. The lowest BCUT2D eigenvalue weighted by atomic mass is 10.1. The van der Waals surface area contributed by atoms with E-state index in [2.05, 4.69) is 15.3 Å². The van der Waals surface area contributed by atoms with Crippen molar-refractivity contribution < 1.29 is 14.3 Å². The number of hydrogen-bond donors (Lipinski definition) is 1. The quantitative estimate of drug-likeness (QED) is 0.555. The largest absolute Gasteiger partial charge is 0.465 e. The second-order valence-electron chi connectivity index (χ2n) is 6.00. The third-order valence-corrected chi connectivity index (χ3v) is 4.29. The lowest BCUT2D eigenvalue weighted by Gasteiger charge is -2.10. The predicted molar refractivity (Wildman–Crippen MR) is 105 cm³/mol. The minimum absolute atomic E-state index is 0.297. The van der Waals surface area contributed by atoms with Crippen LogP contribution in [-0.2, 0) is 4.74 Å². The standard InChI is InChI=1S/C21H16N4O3/c1-28-21(27)16-5-2-3-6-17(16)24-20(26)14-8-10-15(11-9-14)25-13-23-18-7-4-12-22-19(18)25/h2-13H,1H3,(H,24,26). The Morgan fingerprint density at radius 1 is 0.964 bits per heavy atom. The van der Waals surface area contributed by atoms with Crippen LogP contribution in [0.25, 0.3) is 16.9 Å². The zero-order valence-electron chi connectivity index (χ0n) is 15.0. The van der Waals surface area contributed by atoms with E-state index < -0.39 is 5.97 Å². The zero-order chi connectivity index (χ0) is 19.5. The molecular weight excluding hydrogens is 356 g/mol. The van der Waals surface area contributed by atoms with Crippen LogP contribution in [0, 0.1) is 0 Å². The third kappa shape index (κ3) is 3.21. The molecule has 2 heterocycles. The Morgan fingerprint density at radius 3 is 2.54 bits per heavy atom. The first-order valence-electron chi connectivity index (χ1n) is 8.54. The van der Waals surface area contributed by atoms with Gasteiger partial charge in [0.1, 0.15) is 11.8 Å². The van der Waals surface area contributed by atoms with Crippen molar-refractivity contribution in [3.8, 4) is 5.69 Å². The van der Waals surface area contributed by atoms with Crippen LogP contribution in [0.3, 0.4) is 0 Å². The van der Waals surface area contributed by atoms with Crippen LogP contribution in [0.2, 0.25) is 0 Å². The molecule has 2 aromatic carbocycles. The molecule has 1 amide bonds. The average molecular weight is 372 g/mol. The summed E-state index contributed by atoms with van der Waals surface area (Å²) >= 11 is 0. The van der Waals surface area contributed by atoms with Crippen molar-refractivity contribution in [3.63, 3.8) is 0 Å². The maximum atomic E-state index is 12.6. The second-order valence-corrected chi connectivity index (χ2v) is 6.00. The van der Waals surface area contributed by atoms with Crippen molar-refractivity contribution in [2.45, 2.75) is 0 Å². The van der Waals surface area contributed by atoms with E-state index in [1.807, 2.05) is 28.8 Å². The molecule has 0 saturated heterocycles. The van der Waals surface area contributed by atoms with Crippen LogP contribution in [0.4, 0.5) is 5.69 Å². The number of methoxy groups -OCH3 is 1. The monoisotopic (exact) mass is 372 g/mol. The molecule has 0 radical (unpaired) electrons. The summed E-state index contributed by atoms with van der Waals surface area (Å²) in [6, 6.07) is 17.5. The van der Waals surface area contributed by atoms with Crippen LogP contribution in [0.15, 0.2) is 73.2 Å². The highest BCUT2D eigenvalue weighted by Crippen LogP contribution is 2.19. The fraction of sp³-hybridized carbons (Fsp3) is 0.0476. The van der Waals surface area contributed by atoms with Crippen molar-refractivity contribution in [1.29, 1.82) is 0 Å². The van der Waals surface area contributed by atoms with Crippen molar-refractivity contribution in [2.24, 2.45) is 0 Å². The summed E-state index contributed by atoms with van der Waals surface area (Å²) in [5.41, 5.74) is 3.53. The Morgan fingerprint density at radius 2 is 1.75 bits per heavy atom. The number of fused-ring (bicyclic) bond motifs is 1. The molecule has 0 aliphatic heterocycles. The number of carbonyl (C=O) groups is 2. The summed E-state index contributed by atoms with van der Waals surface area (Å²) in [4.78, 5) is 33.1. The van der Waals surface area contributed by atoms with E-state index in [9.17, 15) is 9.59 Å². The number of aromatic nitrogens is 3. The fourth-order valence-corrected chi connectivity index (χ4v) is 2.89. The number of hydrogen-bond acceptors (Lipinski definition) is 5. The van der Waals surface area contributed by atoms with E-state index in [1.54, 1.807) is 48.9 Å². The lowest BCUT2D eigenvalue weighted by molar-refractivity contribution is 0.0602. The SMILES string of the molecule is COC(=O)c1ccccc1NC(=O)c1ccc(-n2cnc3cccnc32)cc1. The first-order chi connectivity index (χ1) is 13.7. The summed E-state index contributed by atoms with van der Waals surface area (Å²) in [5, 5.41) is 2.75. The first kappa shape index (κ1) is 17.4. The molecule has 4 rings (SSSR count). The van der Waals surface area contributed by atoms with Gasteiger partial charge in [0.05, 0.1) is 18.4 Å². The van der Waals surface area contributed by atoms with E-state index in [4.69, 9.17) is 4.74 Å². The van der Waals surface area contributed by atoms with Gasteiger partial charge in [-0.1, -0.05) is 12.1 Å². The molecule has 0 aliphatic rings. The van der Waals surface area contributed by atoms with Gasteiger partial charge in [-0.05, 0) is 48.5 Å². The Hall–Kier alpha value is -4.00. The molecule has 0 saturated carbocycles. The number of anilines is 1. The van der Waals surface area contributed by atoms with Crippen molar-refractivity contribution in [2.75, 3.05) is 12.4 Å². The van der Waals surface area contributed by atoms with Crippen LogP contribution in [-0.4, -0.2) is 33.5 Å². The number of nitrogens with one attached hydrogen (secondary N) is 1. The van der Waals surface area contributed by atoms with E-state index in [0.29, 0.717) is 16.8 Å². The third-order valence-electron chi connectivity index (χ3n) is 4.29. The zero-order valence-corrected chi connectivity index (χ0v) is 15.0. The summed E-state index contributed by atoms with van der Waals surface area (Å²) in [6.07, 6.45) is 3.40. The number of pyridine rings is 1. The van der Waals surface area contributed by atoms with Crippen LogP contribution < -0.4 is 5.32 Å². The highest BCUT2D eigenvalue weighted by atomic mass is 16.5. The molecule has 1 N–H and O–H groups in total. The van der Waals surface area contributed by atoms with Gasteiger partial charge in [0.2, 0.25) is 0 Å². The van der Waals surface area contributed by atoms with Crippen LogP contribution >= 0.6 is 0 Å². The van der Waals surface area contributed by atoms with Gasteiger partial charge in [-0.3, -0.25) is 9.36 Å². The van der Waals surface area contributed by atoms with Crippen molar-refractivity contribution >= 4 is 28.7 Å². The van der Waals surface area contributed by atoms with Gasteiger partial charge in [-0.25, -0.2) is 14.8 Å². The number of carbonyl (C=O) groups excluding carboxylic acids is 2. The van der Waals surface area contributed by atoms with E-state index in [-0.39, 0.29) is 5.91 Å². The minimum Gasteiger partial charge on any atom is -0.465 e. The van der Waals surface area contributed by atoms with E-state index in [0.717, 1.165) is 16.9 Å². The number of rotatable bonds is 4. The van der Waals surface area contributed by atoms with Gasteiger partial charge < -0.3 is 10.1 Å². The van der Waals surface area contributed by atoms with Crippen molar-refractivity contribution in [1.82, 2.24) is 14.5 Å². The van der Waals surface area contributed by atoms with E-state index in [1.165, 1.54) is 7.11 Å². The summed E-state index contributed by atoms with van der Waals surface area (Å²) in [6.45, 7) is 0. The molecular formula is C21H16N4O3. The number of benzene rings is 2. The molecule has 28 heavy (non-hydrogen) atoms. The fourth-order valence-electron chi connectivity index (χ4n) is 2.89. The van der Waals surface area contributed by atoms with Crippen molar-refractivity contribution in [3.05, 3.63) is 84.3 Å². The molecule has 4 aromatic rings. The molecule has 7 nitrogen and oxygen atoms in total. The molecule has 0 unspecified atom stereocenters. The number of ether oxygens (including phenoxy) is 1. The predicted octanol–water partition coefficient (Wildman–Crippen LogP) is 3.46. The van der Waals surface area contributed by atoms with Crippen LogP contribution in [0.5, 0.6) is 0 Å². The molecule has 0 aliphatic carbocycles. The Labute approximate surface area is 160 Å². The normalized spacial score (nSPS) is 10.6. The Balaban J connectivity index is 1.58. The molecule has 138 valence electrons. The lowest BCUT2D eigenvalue weighted by Crippen LogP contribution is -2.15. The summed E-state index contributed by atoms with van der Waals surface area (Å²) < 4.78 is 6.60. The minimum atomic E-state index is -0.509. The summed E-state index contributed by atoms with van der Waals surface area (Å²) in [7, 11) is 1.30. The number of para-hydroxylation sites is 1. The molecule has 2 aromatic heterocycles. The van der Waals surface area contributed by atoms with E-state index >= 15 is 0 Å². The Kier molecular flexibility index (Phi) is 4.55. The van der Waals surface area contributed by atoms with Gasteiger partial charge in [0.15, 0.2) is 5.65 Å². The van der Waals surface area contributed by atoms with Gasteiger partial charge >= 0.3 is 5.97 Å². The highest BCUT2D eigenvalue weighted by Gasteiger charge is 2.14. The average Bonchev–Trinajstić information content (AvgIpc) is 3.18. The van der Waals surface area contributed by atoms with Crippen LogP contribution in [0.1, 0.15) is 20.7 Å². The van der Waals surface area contributed by atoms with Gasteiger partial charge in [-0.15, -0.1) is 0 Å². The number of amides is 1. The number of esters is 1. The Bertz CT molecular complexity index is 1170. The molecule has 0 fully saturated rings. The van der Waals surface area contributed by atoms with Gasteiger partial charge in [-0.2, -0.15) is 0 Å². The molecule has 0 bridgehead atoms. The first-order valence-corrected chi connectivity index (χ1v) is 8.54. The molecule has 0 atom stereocenters. The maximum Gasteiger partial charge on any atom is 0.339 e. The second kappa shape index (κ2) is 7.32. The maximum absolute atomic E-state index is 12.6. The van der Waals surface area contributed by atoms with Gasteiger partial charge in [0.25, 0.3) is 5.91 Å². The summed E-state index contributed by atoms with van der Waals surface area (Å²) in [5.74, 6) is -0.831. The number of nitrogens with zero attached hydrogens (tertiary/aromatic N) is 3.